The lowest BCUT2D eigenvalue weighted by Crippen LogP contribution is -2.50. The lowest BCUT2D eigenvalue weighted by molar-refractivity contribution is -0.887. The van der Waals surface area contributed by atoms with Gasteiger partial charge < -0.3 is 23.8 Å². The molecule has 8 nitrogen and oxygen atoms in total. The third-order valence-corrected chi connectivity index (χ3v) is 13.5. The van der Waals surface area contributed by atoms with Crippen LogP contribution < -0.4 is 0 Å². The molecule has 70 heavy (non-hydrogen) atoms. The largest absolute Gasteiger partial charge is 0.477 e. The maximum Gasteiger partial charge on any atom is 0.362 e. The standard InChI is InChI=1S/C62H113NO7/c1-6-8-10-12-14-16-18-20-22-24-26-28-30-32-34-36-38-40-42-44-46-48-50-52-60(64)69-57-58(56-68-55-54-59(62(66)67)63(3,4)5)70-61(65)53-51-49-47-45-43-41-39-37-35-33-31-29-27-25-23-21-19-17-15-13-11-9-7-2/h9,11,15,17,21,23,32,34,58-59H,6-8,10,12-14,16,18-20,22,24-31,33,35-57H2,1-5H3/p+1/b11-9+,17-15+,23-21+,34-32+. The van der Waals surface area contributed by atoms with Gasteiger partial charge in [-0.15, -0.1) is 0 Å². The van der Waals surface area contributed by atoms with Crippen molar-refractivity contribution in [1.29, 1.82) is 0 Å². The van der Waals surface area contributed by atoms with Crippen LogP contribution in [0, 0.1) is 0 Å². The van der Waals surface area contributed by atoms with E-state index in [1.807, 2.05) is 21.1 Å². The van der Waals surface area contributed by atoms with E-state index in [2.05, 4.69) is 62.5 Å². The minimum atomic E-state index is -0.873. The predicted octanol–water partition coefficient (Wildman–Crippen LogP) is 17.9. The summed E-state index contributed by atoms with van der Waals surface area (Å²) in [6.07, 6.45) is 66.1. The zero-order valence-electron chi connectivity index (χ0n) is 46.7. The molecule has 0 aliphatic rings. The molecular weight excluding hydrogens is 871 g/mol. The number of unbranched alkanes of at least 4 members (excludes halogenated alkanes) is 32. The topological polar surface area (TPSA) is 99.1 Å². The van der Waals surface area contributed by atoms with E-state index >= 15 is 0 Å². The van der Waals surface area contributed by atoms with Gasteiger partial charge in [-0.1, -0.05) is 236 Å². The Bertz CT molecular complexity index is 1280. The smallest absolute Gasteiger partial charge is 0.362 e. The van der Waals surface area contributed by atoms with Gasteiger partial charge in [0.25, 0.3) is 0 Å². The van der Waals surface area contributed by atoms with Gasteiger partial charge in [-0.25, -0.2) is 4.79 Å². The number of hydrogen-bond donors (Lipinski definition) is 1. The molecule has 0 aliphatic heterocycles. The maximum absolute atomic E-state index is 12.9. The van der Waals surface area contributed by atoms with Gasteiger partial charge in [0.15, 0.2) is 12.1 Å². The van der Waals surface area contributed by atoms with Crippen molar-refractivity contribution in [3.63, 3.8) is 0 Å². The van der Waals surface area contributed by atoms with Crippen molar-refractivity contribution in [2.45, 2.75) is 289 Å². The summed E-state index contributed by atoms with van der Waals surface area (Å²) in [5.74, 6) is -1.46. The molecule has 0 rings (SSSR count). The Morgan fingerprint density at radius 3 is 1.20 bits per heavy atom. The van der Waals surface area contributed by atoms with Gasteiger partial charge >= 0.3 is 17.9 Å². The molecule has 0 aromatic heterocycles. The molecule has 8 heteroatoms. The highest BCUT2D eigenvalue weighted by Gasteiger charge is 2.31. The number of esters is 2. The SMILES string of the molecule is CC/C=C/C/C=C/C/C=C/CCCCCCCCCCCCCCCC(=O)OC(COCCC(C(=O)O)[N+](C)(C)C)COC(=O)CCCCCCCCC/C=C/CCCCCCCCCCCCCC. The third kappa shape index (κ3) is 50.2. The molecular formula is C62H114NO7+. The number of quaternary nitrogens is 1. The summed E-state index contributed by atoms with van der Waals surface area (Å²) in [5.41, 5.74) is 0. The van der Waals surface area contributed by atoms with Crippen LogP contribution in [0.25, 0.3) is 0 Å². The van der Waals surface area contributed by atoms with E-state index in [-0.39, 0.29) is 36.2 Å². The van der Waals surface area contributed by atoms with Gasteiger partial charge in [-0.05, 0) is 70.6 Å². The number of carbonyl (C=O) groups is 3. The Kier molecular flexibility index (Phi) is 50.6. The highest BCUT2D eigenvalue weighted by atomic mass is 16.6. The number of ether oxygens (including phenoxy) is 3. The minimum absolute atomic E-state index is 0.0518. The van der Waals surface area contributed by atoms with Crippen LogP contribution in [0.4, 0.5) is 0 Å². The van der Waals surface area contributed by atoms with Gasteiger partial charge in [0.2, 0.25) is 0 Å². The monoisotopic (exact) mass is 985 g/mol. The van der Waals surface area contributed by atoms with E-state index in [1.54, 1.807) is 0 Å². The summed E-state index contributed by atoms with van der Waals surface area (Å²) < 4.78 is 17.4. The maximum atomic E-state index is 12.9. The molecule has 0 spiro atoms. The Morgan fingerprint density at radius 1 is 0.443 bits per heavy atom. The van der Waals surface area contributed by atoms with Crippen molar-refractivity contribution in [3.8, 4) is 0 Å². The highest BCUT2D eigenvalue weighted by Crippen LogP contribution is 2.17. The van der Waals surface area contributed by atoms with Crippen molar-refractivity contribution in [2.24, 2.45) is 0 Å². The molecule has 408 valence electrons. The molecule has 0 fully saturated rings. The summed E-state index contributed by atoms with van der Waals surface area (Å²) >= 11 is 0. The number of carboxylic acid groups (broad SMARTS) is 1. The van der Waals surface area contributed by atoms with Crippen LogP contribution >= 0.6 is 0 Å². The zero-order chi connectivity index (χ0) is 51.3. The molecule has 2 atom stereocenters. The van der Waals surface area contributed by atoms with Crippen LogP contribution in [-0.4, -0.2) is 80.6 Å². The number of hydrogen-bond acceptors (Lipinski definition) is 6. The Morgan fingerprint density at radius 2 is 0.800 bits per heavy atom. The van der Waals surface area contributed by atoms with Gasteiger partial charge in [-0.3, -0.25) is 9.59 Å². The van der Waals surface area contributed by atoms with E-state index < -0.39 is 18.1 Å². The number of rotatable bonds is 54. The molecule has 0 saturated heterocycles. The fourth-order valence-electron chi connectivity index (χ4n) is 8.93. The molecule has 1 N–H and O–H groups in total. The molecule has 0 bridgehead atoms. The lowest BCUT2D eigenvalue weighted by atomic mass is 10.0. The number of nitrogens with zero attached hydrogens (tertiary/aromatic N) is 1. The van der Waals surface area contributed by atoms with Crippen molar-refractivity contribution < 1.29 is 38.2 Å². The van der Waals surface area contributed by atoms with Crippen LogP contribution in [0.3, 0.4) is 0 Å². The van der Waals surface area contributed by atoms with Crippen LogP contribution in [0.1, 0.15) is 277 Å². The molecule has 0 heterocycles. The van der Waals surface area contributed by atoms with Gasteiger partial charge in [0.1, 0.15) is 6.61 Å². The molecule has 0 saturated carbocycles. The van der Waals surface area contributed by atoms with E-state index in [0.717, 1.165) is 57.8 Å². The average Bonchev–Trinajstić information content (AvgIpc) is 3.33. The summed E-state index contributed by atoms with van der Waals surface area (Å²) in [7, 11) is 5.55. The van der Waals surface area contributed by atoms with E-state index in [1.165, 1.54) is 186 Å². The summed E-state index contributed by atoms with van der Waals surface area (Å²) in [6, 6.07) is -0.617. The Labute approximate surface area is 433 Å². The van der Waals surface area contributed by atoms with Gasteiger partial charge in [-0.2, -0.15) is 0 Å². The van der Waals surface area contributed by atoms with Crippen LogP contribution in [0.2, 0.25) is 0 Å². The van der Waals surface area contributed by atoms with E-state index in [0.29, 0.717) is 19.3 Å². The van der Waals surface area contributed by atoms with Crippen LogP contribution in [0.15, 0.2) is 48.6 Å². The normalized spacial score (nSPS) is 13.1. The van der Waals surface area contributed by atoms with Crippen molar-refractivity contribution in [3.05, 3.63) is 48.6 Å². The molecule has 0 aliphatic carbocycles. The van der Waals surface area contributed by atoms with Crippen molar-refractivity contribution >= 4 is 17.9 Å². The second-order valence-electron chi connectivity index (χ2n) is 21.2. The average molecular weight is 986 g/mol. The predicted molar refractivity (Wildman–Crippen MR) is 298 cm³/mol. The fourth-order valence-corrected chi connectivity index (χ4v) is 8.93. The summed E-state index contributed by atoms with van der Waals surface area (Å²) in [6.45, 7) is 4.67. The molecule has 0 amide bonds. The quantitative estimate of drug-likeness (QED) is 0.0280. The Hall–Kier alpha value is -2.71. The second kappa shape index (κ2) is 52.6. The number of likely N-dealkylation sites (N-methyl/N-ethyl adjacent to an activating group) is 1. The molecule has 2 unspecified atom stereocenters. The molecule has 0 aromatic rings. The second-order valence-corrected chi connectivity index (χ2v) is 21.2. The zero-order valence-corrected chi connectivity index (χ0v) is 46.7. The van der Waals surface area contributed by atoms with Crippen molar-refractivity contribution in [2.75, 3.05) is 41.0 Å². The highest BCUT2D eigenvalue weighted by molar-refractivity contribution is 5.72. The molecule has 0 radical (unpaired) electrons. The summed E-state index contributed by atoms with van der Waals surface area (Å²) in [4.78, 5) is 37.3. The first kappa shape index (κ1) is 67.3. The Balaban J connectivity index is 4.14. The lowest BCUT2D eigenvalue weighted by Gasteiger charge is -2.31. The first-order valence-electron chi connectivity index (χ1n) is 29.7. The number of allylic oxidation sites excluding steroid dienone is 8. The number of carbonyl (C=O) groups excluding carboxylic acids is 2. The van der Waals surface area contributed by atoms with Gasteiger partial charge in [0.05, 0.1) is 34.4 Å². The van der Waals surface area contributed by atoms with E-state index in [9.17, 15) is 19.5 Å². The van der Waals surface area contributed by atoms with Crippen molar-refractivity contribution in [1.82, 2.24) is 0 Å². The number of aliphatic carboxylic acids is 1. The molecule has 0 aromatic carbocycles. The van der Waals surface area contributed by atoms with Crippen LogP contribution in [0.5, 0.6) is 0 Å². The van der Waals surface area contributed by atoms with E-state index in [4.69, 9.17) is 14.2 Å². The fraction of sp³-hybridized carbons (Fsp3) is 0.823. The number of carboxylic acids is 1. The first-order valence-corrected chi connectivity index (χ1v) is 29.7. The van der Waals surface area contributed by atoms with Gasteiger partial charge in [0, 0.05) is 19.3 Å². The third-order valence-electron chi connectivity index (χ3n) is 13.5. The van der Waals surface area contributed by atoms with Crippen LogP contribution in [-0.2, 0) is 28.6 Å². The summed E-state index contributed by atoms with van der Waals surface area (Å²) in [5, 5.41) is 9.69. The first-order chi connectivity index (χ1) is 34.1. The minimum Gasteiger partial charge on any atom is -0.477 e.